The number of thiazole rings is 1. The molecule has 0 radical (unpaired) electrons. The lowest BCUT2D eigenvalue weighted by Gasteiger charge is -2.26. The Kier molecular flexibility index (Phi) is 3.56. The summed E-state index contributed by atoms with van der Waals surface area (Å²) in [6.07, 6.45) is 6.56. The van der Waals surface area contributed by atoms with Crippen LogP contribution in [0.25, 0.3) is 0 Å². The van der Waals surface area contributed by atoms with Crippen molar-refractivity contribution in [2.45, 2.75) is 58.5 Å². The van der Waals surface area contributed by atoms with E-state index < -0.39 is 0 Å². The molecule has 1 aromatic rings. The number of anilines is 1. The van der Waals surface area contributed by atoms with E-state index >= 15 is 0 Å². The van der Waals surface area contributed by atoms with Crippen molar-refractivity contribution in [2.24, 2.45) is 5.41 Å². The molecule has 1 fully saturated rings. The molecule has 1 aliphatic carbocycles. The fraction of sp³-hybridized carbons (Fsp3) is 0.800. The van der Waals surface area contributed by atoms with Gasteiger partial charge in [0.05, 0.1) is 16.7 Å². The first-order valence-corrected chi connectivity index (χ1v) is 8.42. The summed E-state index contributed by atoms with van der Waals surface area (Å²) in [5.41, 5.74) is 1.65. The second-order valence-electron chi connectivity index (χ2n) is 6.09. The second-order valence-corrected chi connectivity index (χ2v) is 7.10. The summed E-state index contributed by atoms with van der Waals surface area (Å²) in [4.78, 5) is 8.38. The number of aliphatic hydroxyl groups excluding tert-OH is 1. The first kappa shape index (κ1) is 13.4. The van der Waals surface area contributed by atoms with E-state index in [9.17, 15) is 5.11 Å². The zero-order valence-electron chi connectivity index (χ0n) is 12.0. The third kappa shape index (κ3) is 2.29. The van der Waals surface area contributed by atoms with Crippen LogP contribution in [-0.4, -0.2) is 23.2 Å². The number of aromatic nitrogens is 1. The Balaban J connectivity index is 1.81. The normalized spacial score (nSPS) is 25.6. The fourth-order valence-electron chi connectivity index (χ4n) is 3.44. The van der Waals surface area contributed by atoms with Crippen LogP contribution in [0.4, 0.5) is 5.13 Å². The maximum absolute atomic E-state index is 10.1. The van der Waals surface area contributed by atoms with Crippen molar-refractivity contribution >= 4 is 16.5 Å². The van der Waals surface area contributed by atoms with Crippen LogP contribution in [0.5, 0.6) is 0 Å². The Morgan fingerprint density at radius 1 is 1.42 bits per heavy atom. The van der Waals surface area contributed by atoms with Crippen LogP contribution in [0.1, 0.15) is 62.6 Å². The van der Waals surface area contributed by atoms with Gasteiger partial charge in [0.25, 0.3) is 0 Å². The van der Waals surface area contributed by atoms with Gasteiger partial charge in [0.15, 0.2) is 5.13 Å². The topological polar surface area (TPSA) is 36.4 Å². The number of fused-ring (bicyclic) bond motifs is 1. The summed E-state index contributed by atoms with van der Waals surface area (Å²) in [6, 6.07) is 0. The van der Waals surface area contributed by atoms with Crippen molar-refractivity contribution in [3.05, 3.63) is 10.6 Å². The quantitative estimate of drug-likeness (QED) is 0.920. The number of rotatable bonds is 3. The van der Waals surface area contributed by atoms with Gasteiger partial charge in [-0.2, -0.15) is 0 Å². The van der Waals surface area contributed by atoms with E-state index in [0.29, 0.717) is 5.41 Å². The lowest BCUT2D eigenvalue weighted by atomic mass is 9.82. The predicted octanol–water partition coefficient (Wildman–Crippen LogP) is 3.53. The summed E-state index contributed by atoms with van der Waals surface area (Å²) in [6.45, 7) is 6.89. The third-order valence-electron chi connectivity index (χ3n) is 5.12. The molecule has 4 heteroatoms. The number of aliphatic hydroxyl groups is 1. The average Bonchev–Trinajstić information content (AvgIpc) is 3.04. The van der Waals surface area contributed by atoms with Gasteiger partial charge in [-0.25, -0.2) is 4.98 Å². The Hall–Kier alpha value is -0.610. The standard InChI is InChI=1S/C15H24N2OS/c1-3-15(4-2)8-9-17(10-15)14-16-11-6-5-7-12(18)13(11)19-14/h12,18H,3-10H2,1-2H3. The molecule has 1 aliphatic heterocycles. The summed E-state index contributed by atoms with van der Waals surface area (Å²) >= 11 is 1.73. The molecule has 2 aliphatic rings. The molecule has 106 valence electrons. The van der Waals surface area contributed by atoms with Crippen LogP contribution >= 0.6 is 11.3 Å². The van der Waals surface area contributed by atoms with Crippen molar-refractivity contribution in [2.75, 3.05) is 18.0 Å². The molecule has 0 bridgehead atoms. The van der Waals surface area contributed by atoms with E-state index in [-0.39, 0.29) is 6.10 Å². The molecule has 1 unspecified atom stereocenters. The number of hydrogen-bond acceptors (Lipinski definition) is 4. The van der Waals surface area contributed by atoms with Crippen LogP contribution in [-0.2, 0) is 6.42 Å². The Labute approximate surface area is 119 Å². The molecule has 0 spiro atoms. The lowest BCUT2D eigenvalue weighted by Crippen LogP contribution is -2.26. The minimum Gasteiger partial charge on any atom is -0.388 e. The number of hydrogen-bond donors (Lipinski definition) is 1. The highest BCUT2D eigenvalue weighted by molar-refractivity contribution is 7.15. The van der Waals surface area contributed by atoms with Crippen LogP contribution < -0.4 is 4.90 Å². The first-order valence-electron chi connectivity index (χ1n) is 7.60. The van der Waals surface area contributed by atoms with Crippen molar-refractivity contribution in [1.29, 1.82) is 0 Å². The molecule has 1 saturated heterocycles. The van der Waals surface area contributed by atoms with Crippen LogP contribution in [0.15, 0.2) is 0 Å². The van der Waals surface area contributed by atoms with Crippen molar-refractivity contribution in [3.63, 3.8) is 0 Å². The molecule has 19 heavy (non-hydrogen) atoms. The minimum absolute atomic E-state index is 0.264. The molecule has 3 nitrogen and oxygen atoms in total. The van der Waals surface area contributed by atoms with Gasteiger partial charge >= 0.3 is 0 Å². The summed E-state index contributed by atoms with van der Waals surface area (Å²) in [7, 11) is 0. The van der Waals surface area contributed by atoms with Gasteiger partial charge < -0.3 is 10.0 Å². The maximum atomic E-state index is 10.1. The summed E-state index contributed by atoms with van der Waals surface area (Å²) < 4.78 is 0. The molecular weight excluding hydrogens is 256 g/mol. The molecule has 0 saturated carbocycles. The van der Waals surface area contributed by atoms with Gasteiger partial charge in [-0.3, -0.25) is 0 Å². The van der Waals surface area contributed by atoms with E-state index in [0.717, 1.165) is 48.1 Å². The van der Waals surface area contributed by atoms with E-state index in [1.165, 1.54) is 19.3 Å². The maximum Gasteiger partial charge on any atom is 0.185 e. The molecule has 0 amide bonds. The Morgan fingerprint density at radius 2 is 2.21 bits per heavy atom. The van der Waals surface area contributed by atoms with E-state index in [1.807, 2.05) is 0 Å². The largest absolute Gasteiger partial charge is 0.388 e. The molecule has 3 rings (SSSR count). The Morgan fingerprint density at radius 3 is 2.84 bits per heavy atom. The molecule has 1 aromatic heterocycles. The summed E-state index contributed by atoms with van der Waals surface area (Å²) in [5.74, 6) is 0. The molecule has 1 atom stereocenters. The van der Waals surface area contributed by atoms with Crippen molar-refractivity contribution in [1.82, 2.24) is 4.98 Å². The highest BCUT2D eigenvalue weighted by Crippen LogP contribution is 2.43. The first-order chi connectivity index (χ1) is 9.17. The van der Waals surface area contributed by atoms with Gasteiger partial charge in [-0.15, -0.1) is 0 Å². The number of aryl methyl sites for hydroxylation is 1. The zero-order valence-corrected chi connectivity index (χ0v) is 12.8. The highest BCUT2D eigenvalue weighted by atomic mass is 32.1. The number of nitrogens with zero attached hydrogens (tertiary/aromatic N) is 2. The van der Waals surface area contributed by atoms with E-state index in [2.05, 4.69) is 18.7 Å². The van der Waals surface area contributed by atoms with Crippen LogP contribution in [0.3, 0.4) is 0 Å². The Bertz CT molecular complexity index is 453. The monoisotopic (exact) mass is 280 g/mol. The summed E-state index contributed by atoms with van der Waals surface area (Å²) in [5, 5.41) is 11.2. The molecule has 1 N–H and O–H groups in total. The van der Waals surface area contributed by atoms with Crippen LogP contribution in [0, 0.1) is 5.41 Å². The van der Waals surface area contributed by atoms with Crippen molar-refractivity contribution in [3.8, 4) is 0 Å². The fourth-order valence-corrected chi connectivity index (χ4v) is 4.60. The smallest absolute Gasteiger partial charge is 0.185 e. The van der Waals surface area contributed by atoms with Gasteiger partial charge in [-0.05, 0) is 43.9 Å². The van der Waals surface area contributed by atoms with Gasteiger partial charge in [0, 0.05) is 13.1 Å². The van der Waals surface area contributed by atoms with Gasteiger partial charge in [0.1, 0.15) is 0 Å². The predicted molar refractivity (Wildman–Crippen MR) is 79.9 cm³/mol. The SMILES string of the molecule is CCC1(CC)CCN(c2nc3c(s2)C(O)CCC3)C1. The van der Waals surface area contributed by atoms with E-state index in [1.54, 1.807) is 11.3 Å². The highest BCUT2D eigenvalue weighted by Gasteiger charge is 2.36. The molecule has 2 heterocycles. The minimum atomic E-state index is -0.264. The van der Waals surface area contributed by atoms with Crippen molar-refractivity contribution < 1.29 is 5.11 Å². The van der Waals surface area contributed by atoms with E-state index in [4.69, 9.17) is 4.98 Å². The molecular formula is C15H24N2OS. The zero-order chi connectivity index (χ0) is 13.5. The average molecular weight is 280 g/mol. The second kappa shape index (κ2) is 5.06. The van der Waals surface area contributed by atoms with Gasteiger partial charge in [-0.1, -0.05) is 25.2 Å². The van der Waals surface area contributed by atoms with Gasteiger partial charge in [0.2, 0.25) is 0 Å². The molecule has 0 aromatic carbocycles. The van der Waals surface area contributed by atoms with Crippen LogP contribution in [0.2, 0.25) is 0 Å². The lowest BCUT2D eigenvalue weighted by molar-refractivity contribution is 0.160. The third-order valence-corrected chi connectivity index (χ3v) is 6.38.